The quantitative estimate of drug-likeness (QED) is 0.127. The van der Waals surface area contributed by atoms with Crippen molar-refractivity contribution in [3.63, 3.8) is 0 Å². The topological polar surface area (TPSA) is 100 Å². The van der Waals surface area contributed by atoms with Gasteiger partial charge in [-0.3, -0.25) is 14.4 Å². The third kappa shape index (κ3) is 7.48. The zero-order valence-electron chi connectivity index (χ0n) is 22.4. The van der Waals surface area contributed by atoms with Gasteiger partial charge >= 0.3 is 0 Å². The number of aryl methyl sites for hydroxylation is 1. The van der Waals surface area contributed by atoms with Crippen molar-refractivity contribution < 1.29 is 18.8 Å². The molecule has 3 N–H and O–H groups in total. The first-order chi connectivity index (χ1) is 20.3. The van der Waals surface area contributed by atoms with Gasteiger partial charge in [0.05, 0.1) is 16.0 Å². The molecule has 7 nitrogen and oxygen atoms in total. The van der Waals surface area contributed by atoms with Crippen LogP contribution in [-0.2, 0) is 9.59 Å². The predicted molar refractivity (Wildman–Crippen MR) is 167 cm³/mol. The lowest BCUT2D eigenvalue weighted by Crippen LogP contribution is -2.30. The highest BCUT2D eigenvalue weighted by atomic mass is 32.2. The van der Waals surface area contributed by atoms with Crippen molar-refractivity contribution in [1.82, 2.24) is 10.3 Å². The summed E-state index contributed by atoms with van der Waals surface area (Å²) in [6.07, 6.45) is 1.29. The number of fused-ring (bicyclic) bond motifs is 1. The second kappa shape index (κ2) is 13.2. The largest absolute Gasteiger partial charge is 0.321 e. The fourth-order valence-corrected chi connectivity index (χ4v) is 5.59. The Bertz CT molecular complexity index is 1790. The Morgan fingerprint density at radius 3 is 2.40 bits per heavy atom. The molecule has 0 aliphatic carbocycles. The van der Waals surface area contributed by atoms with Crippen molar-refractivity contribution in [3.05, 3.63) is 125 Å². The highest BCUT2D eigenvalue weighted by molar-refractivity contribution is 8.00. The van der Waals surface area contributed by atoms with Crippen molar-refractivity contribution >= 4 is 67.9 Å². The van der Waals surface area contributed by atoms with Gasteiger partial charge in [-0.2, -0.15) is 0 Å². The van der Waals surface area contributed by atoms with Crippen molar-refractivity contribution in [2.24, 2.45) is 0 Å². The number of carbonyl (C=O) groups excluding carboxylic acids is 3. The van der Waals surface area contributed by atoms with Gasteiger partial charge < -0.3 is 16.0 Å². The molecule has 210 valence electrons. The third-order valence-corrected chi connectivity index (χ3v) is 7.95. The SMILES string of the molecule is Cc1ccc2nc(NC(=O)CSc3ccc(NC(=O)/C(=C/c4ccccc4F)NC(=O)c4ccccc4)cc3)sc2c1. The first-order valence-electron chi connectivity index (χ1n) is 12.9. The number of aromatic nitrogens is 1. The van der Waals surface area contributed by atoms with Gasteiger partial charge in [-0.15, -0.1) is 11.8 Å². The molecule has 1 heterocycles. The van der Waals surface area contributed by atoms with Crippen LogP contribution >= 0.6 is 23.1 Å². The Labute approximate surface area is 249 Å². The van der Waals surface area contributed by atoms with Crippen LogP contribution in [0.25, 0.3) is 16.3 Å². The van der Waals surface area contributed by atoms with Gasteiger partial charge in [-0.05, 0) is 73.2 Å². The number of halogens is 1. The van der Waals surface area contributed by atoms with E-state index in [0.717, 1.165) is 20.7 Å². The summed E-state index contributed by atoms with van der Waals surface area (Å²) in [5.41, 5.74) is 2.84. The maximum atomic E-state index is 14.3. The molecule has 5 rings (SSSR count). The minimum Gasteiger partial charge on any atom is -0.321 e. The van der Waals surface area contributed by atoms with E-state index in [1.54, 1.807) is 66.7 Å². The summed E-state index contributed by atoms with van der Waals surface area (Å²) < 4.78 is 15.4. The third-order valence-electron chi connectivity index (χ3n) is 6.01. The van der Waals surface area contributed by atoms with Crippen LogP contribution < -0.4 is 16.0 Å². The number of anilines is 2. The Morgan fingerprint density at radius 1 is 0.905 bits per heavy atom. The van der Waals surface area contributed by atoms with E-state index in [4.69, 9.17) is 0 Å². The van der Waals surface area contributed by atoms with Crippen LogP contribution in [0, 0.1) is 12.7 Å². The Kier molecular flexibility index (Phi) is 9.05. The summed E-state index contributed by atoms with van der Waals surface area (Å²) in [6.45, 7) is 2.01. The maximum Gasteiger partial charge on any atom is 0.272 e. The van der Waals surface area contributed by atoms with E-state index in [9.17, 15) is 18.8 Å². The normalized spacial score (nSPS) is 11.2. The van der Waals surface area contributed by atoms with Crippen LogP contribution in [0.5, 0.6) is 0 Å². The van der Waals surface area contributed by atoms with Gasteiger partial charge in [0.1, 0.15) is 11.5 Å². The van der Waals surface area contributed by atoms with Crippen LogP contribution in [-0.4, -0.2) is 28.5 Å². The summed E-state index contributed by atoms with van der Waals surface area (Å²) in [7, 11) is 0. The smallest absolute Gasteiger partial charge is 0.272 e. The number of carbonyl (C=O) groups is 3. The van der Waals surface area contributed by atoms with Crippen LogP contribution in [0.4, 0.5) is 15.2 Å². The lowest BCUT2D eigenvalue weighted by molar-refractivity contribution is -0.114. The second-order valence-electron chi connectivity index (χ2n) is 9.21. The lowest BCUT2D eigenvalue weighted by atomic mass is 10.1. The van der Waals surface area contributed by atoms with E-state index in [1.165, 1.54) is 41.3 Å². The van der Waals surface area contributed by atoms with Gasteiger partial charge in [0.25, 0.3) is 11.8 Å². The molecule has 3 amide bonds. The number of hydrogen-bond donors (Lipinski definition) is 3. The standard InChI is InChI=1S/C32H25FN4O3S2/c1-20-11-16-26-28(17-20)42-32(36-26)37-29(38)19-41-24-14-12-23(13-15-24)34-31(40)27(18-22-9-5-6-10-25(22)33)35-30(39)21-7-3-2-4-8-21/h2-18H,19H2,1H3,(H,34,40)(H,35,39)(H,36,37,38)/b27-18-. The molecular formula is C32H25FN4O3S2. The number of rotatable bonds is 9. The molecule has 0 saturated carbocycles. The molecule has 42 heavy (non-hydrogen) atoms. The molecule has 10 heteroatoms. The second-order valence-corrected chi connectivity index (χ2v) is 11.3. The highest BCUT2D eigenvalue weighted by Gasteiger charge is 2.16. The fourth-order valence-electron chi connectivity index (χ4n) is 3.91. The summed E-state index contributed by atoms with van der Waals surface area (Å²) in [5.74, 6) is -1.64. The Morgan fingerprint density at radius 2 is 1.64 bits per heavy atom. The molecule has 0 aliphatic rings. The Hall–Kier alpha value is -4.80. The zero-order chi connectivity index (χ0) is 29.5. The number of amides is 3. The molecule has 0 atom stereocenters. The molecule has 0 saturated heterocycles. The minimum atomic E-state index is -0.617. The predicted octanol–water partition coefficient (Wildman–Crippen LogP) is 6.88. The molecular weight excluding hydrogens is 572 g/mol. The summed E-state index contributed by atoms with van der Waals surface area (Å²) in [5, 5.41) is 8.73. The number of thioether (sulfide) groups is 1. The van der Waals surface area contributed by atoms with Gasteiger partial charge in [-0.25, -0.2) is 9.37 Å². The summed E-state index contributed by atoms with van der Waals surface area (Å²) in [6, 6.07) is 27.3. The summed E-state index contributed by atoms with van der Waals surface area (Å²) >= 11 is 2.77. The first kappa shape index (κ1) is 28.7. The Balaban J connectivity index is 1.21. The number of hydrogen-bond acceptors (Lipinski definition) is 6. The first-order valence-corrected chi connectivity index (χ1v) is 14.7. The van der Waals surface area contributed by atoms with E-state index >= 15 is 0 Å². The molecule has 0 spiro atoms. The van der Waals surface area contributed by atoms with E-state index in [1.807, 2.05) is 25.1 Å². The maximum absolute atomic E-state index is 14.3. The molecule has 4 aromatic carbocycles. The van der Waals surface area contributed by atoms with Crippen LogP contribution in [0.1, 0.15) is 21.5 Å². The molecule has 0 fully saturated rings. The van der Waals surface area contributed by atoms with Gasteiger partial charge in [0, 0.05) is 21.7 Å². The van der Waals surface area contributed by atoms with Crippen molar-refractivity contribution in [3.8, 4) is 0 Å². The van der Waals surface area contributed by atoms with Crippen LogP contribution in [0.15, 0.2) is 108 Å². The molecule has 5 aromatic rings. The summed E-state index contributed by atoms with van der Waals surface area (Å²) in [4.78, 5) is 43.7. The van der Waals surface area contributed by atoms with Gasteiger partial charge in [0.2, 0.25) is 5.91 Å². The lowest BCUT2D eigenvalue weighted by Gasteiger charge is -2.12. The van der Waals surface area contributed by atoms with E-state index in [-0.39, 0.29) is 22.9 Å². The zero-order valence-corrected chi connectivity index (χ0v) is 24.0. The van der Waals surface area contributed by atoms with E-state index in [2.05, 4.69) is 20.9 Å². The number of thiazole rings is 1. The van der Waals surface area contributed by atoms with Gasteiger partial charge in [0.15, 0.2) is 5.13 Å². The van der Waals surface area contributed by atoms with Crippen LogP contribution in [0.2, 0.25) is 0 Å². The average molecular weight is 597 g/mol. The van der Waals surface area contributed by atoms with E-state index < -0.39 is 17.6 Å². The van der Waals surface area contributed by atoms with E-state index in [0.29, 0.717) is 16.4 Å². The molecule has 1 aromatic heterocycles. The number of nitrogens with zero attached hydrogens (tertiary/aromatic N) is 1. The van der Waals surface area contributed by atoms with Crippen molar-refractivity contribution in [2.45, 2.75) is 11.8 Å². The molecule has 0 radical (unpaired) electrons. The number of nitrogens with one attached hydrogen (secondary N) is 3. The molecule has 0 unspecified atom stereocenters. The fraction of sp³-hybridized carbons (Fsp3) is 0.0625. The van der Waals surface area contributed by atoms with Crippen LogP contribution in [0.3, 0.4) is 0 Å². The van der Waals surface area contributed by atoms with Gasteiger partial charge in [-0.1, -0.05) is 53.8 Å². The average Bonchev–Trinajstić information content (AvgIpc) is 3.39. The molecule has 0 aliphatic heterocycles. The number of benzene rings is 4. The van der Waals surface area contributed by atoms with Crippen molar-refractivity contribution in [1.29, 1.82) is 0 Å². The highest BCUT2D eigenvalue weighted by Crippen LogP contribution is 2.27. The molecule has 0 bridgehead atoms. The van der Waals surface area contributed by atoms with Crippen molar-refractivity contribution in [2.75, 3.05) is 16.4 Å². The minimum absolute atomic E-state index is 0.117. The monoisotopic (exact) mass is 596 g/mol.